The van der Waals surface area contributed by atoms with Crippen molar-refractivity contribution in [3.8, 4) is 0 Å². The molecular formula is C10H16. The van der Waals surface area contributed by atoms with Gasteiger partial charge in [0, 0.05) is 0 Å². The van der Waals surface area contributed by atoms with Gasteiger partial charge in [-0.05, 0) is 18.4 Å². The summed E-state index contributed by atoms with van der Waals surface area (Å²) in [6.45, 7) is 10.1. The maximum absolute atomic E-state index is 3.73. The van der Waals surface area contributed by atoms with E-state index in [2.05, 4.69) is 26.5 Å². The predicted octanol–water partition coefficient (Wildman–Crippen LogP) is 3.33. The molecule has 0 heteroatoms. The lowest BCUT2D eigenvalue weighted by atomic mass is 10.0. The van der Waals surface area contributed by atoms with E-state index in [9.17, 15) is 0 Å². The zero-order chi connectivity index (χ0) is 7.98. The van der Waals surface area contributed by atoms with Crippen LogP contribution in [0.4, 0.5) is 0 Å². The average molecular weight is 136 g/mol. The molecule has 0 radical (unpaired) electrons. The van der Waals surface area contributed by atoms with Crippen LogP contribution in [0, 0.1) is 5.92 Å². The highest BCUT2D eigenvalue weighted by molar-refractivity contribution is 5.23. The Morgan fingerprint density at radius 3 is 2.30 bits per heavy atom. The Labute approximate surface area is 64.0 Å². The summed E-state index contributed by atoms with van der Waals surface area (Å²) >= 11 is 0. The van der Waals surface area contributed by atoms with E-state index in [1.807, 2.05) is 25.2 Å². The van der Waals surface area contributed by atoms with Crippen LogP contribution in [0.1, 0.15) is 20.8 Å². The van der Waals surface area contributed by atoms with E-state index in [1.54, 1.807) is 0 Å². The SMILES string of the molecule is C=C/C(=C\C=C/C)C(C)C. The van der Waals surface area contributed by atoms with Crippen molar-refractivity contribution in [3.05, 3.63) is 36.5 Å². The molecule has 0 unspecified atom stereocenters. The van der Waals surface area contributed by atoms with E-state index >= 15 is 0 Å². The van der Waals surface area contributed by atoms with Gasteiger partial charge in [-0.1, -0.05) is 44.7 Å². The van der Waals surface area contributed by atoms with E-state index in [0.717, 1.165) is 0 Å². The van der Waals surface area contributed by atoms with Gasteiger partial charge in [0.2, 0.25) is 0 Å². The fourth-order valence-electron chi connectivity index (χ4n) is 0.704. The summed E-state index contributed by atoms with van der Waals surface area (Å²) < 4.78 is 0. The van der Waals surface area contributed by atoms with Crippen molar-refractivity contribution in [2.75, 3.05) is 0 Å². The summed E-state index contributed by atoms with van der Waals surface area (Å²) in [5.74, 6) is 0.577. The molecule has 10 heavy (non-hydrogen) atoms. The summed E-state index contributed by atoms with van der Waals surface area (Å²) in [6.07, 6.45) is 8.06. The van der Waals surface area contributed by atoms with Crippen molar-refractivity contribution in [1.29, 1.82) is 0 Å². The molecule has 0 fully saturated rings. The Hall–Kier alpha value is -0.780. The maximum Gasteiger partial charge on any atom is -0.0219 e. The summed E-state index contributed by atoms with van der Waals surface area (Å²) in [5.41, 5.74) is 1.29. The third kappa shape index (κ3) is 3.29. The second-order valence-corrected chi connectivity index (χ2v) is 2.55. The molecule has 0 aliphatic rings. The lowest BCUT2D eigenvalue weighted by molar-refractivity contribution is 0.792. The Kier molecular flexibility index (Phi) is 4.65. The molecule has 0 amide bonds. The molecule has 0 atom stereocenters. The molecule has 0 bridgehead atoms. The maximum atomic E-state index is 3.73. The van der Waals surface area contributed by atoms with Gasteiger partial charge in [0.25, 0.3) is 0 Å². The summed E-state index contributed by atoms with van der Waals surface area (Å²) in [7, 11) is 0. The Morgan fingerprint density at radius 1 is 1.40 bits per heavy atom. The molecule has 0 nitrogen and oxygen atoms in total. The highest BCUT2D eigenvalue weighted by Gasteiger charge is 1.94. The molecule has 0 aromatic carbocycles. The van der Waals surface area contributed by atoms with Crippen LogP contribution < -0.4 is 0 Å². The second kappa shape index (κ2) is 5.04. The minimum atomic E-state index is 0.577. The standard InChI is InChI=1S/C10H16/c1-5-7-8-10(6-2)9(3)4/h5-9H,2H2,1,3-4H3/b7-5-,10-8+. The van der Waals surface area contributed by atoms with Crippen LogP contribution in [0.15, 0.2) is 36.5 Å². The van der Waals surface area contributed by atoms with Crippen LogP contribution in [0.25, 0.3) is 0 Å². The van der Waals surface area contributed by atoms with Gasteiger partial charge in [0.05, 0.1) is 0 Å². The third-order valence-corrected chi connectivity index (χ3v) is 1.38. The molecule has 0 heterocycles. The zero-order valence-corrected chi connectivity index (χ0v) is 7.09. The minimum absolute atomic E-state index is 0.577. The zero-order valence-electron chi connectivity index (χ0n) is 7.09. The number of hydrogen-bond donors (Lipinski definition) is 0. The van der Waals surface area contributed by atoms with Crippen LogP contribution in [0.5, 0.6) is 0 Å². The van der Waals surface area contributed by atoms with E-state index < -0.39 is 0 Å². The van der Waals surface area contributed by atoms with E-state index in [-0.39, 0.29) is 0 Å². The predicted molar refractivity (Wildman–Crippen MR) is 47.9 cm³/mol. The first-order valence-electron chi connectivity index (χ1n) is 3.67. The normalized spacial score (nSPS) is 13.0. The van der Waals surface area contributed by atoms with Crippen LogP contribution in [0.2, 0.25) is 0 Å². The molecule has 56 valence electrons. The van der Waals surface area contributed by atoms with Gasteiger partial charge < -0.3 is 0 Å². The molecule has 0 aliphatic carbocycles. The molecule has 0 aromatic heterocycles. The number of hydrogen-bond acceptors (Lipinski definition) is 0. The Balaban J connectivity index is 4.18. The van der Waals surface area contributed by atoms with Gasteiger partial charge in [-0.15, -0.1) is 0 Å². The van der Waals surface area contributed by atoms with Crippen molar-refractivity contribution >= 4 is 0 Å². The van der Waals surface area contributed by atoms with Gasteiger partial charge in [-0.2, -0.15) is 0 Å². The Bertz CT molecular complexity index is 147. The summed E-state index contributed by atoms with van der Waals surface area (Å²) in [4.78, 5) is 0. The first-order valence-corrected chi connectivity index (χ1v) is 3.67. The van der Waals surface area contributed by atoms with Crippen LogP contribution in [-0.2, 0) is 0 Å². The fourth-order valence-corrected chi connectivity index (χ4v) is 0.704. The van der Waals surface area contributed by atoms with Gasteiger partial charge in [0.15, 0.2) is 0 Å². The molecule has 0 aromatic rings. The van der Waals surface area contributed by atoms with E-state index in [4.69, 9.17) is 0 Å². The summed E-state index contributed by atoms with van der Waals surface area (Å²) in [5, 5.41) is 0. The Morgan fingerprint density at radius 2 is 2.00 bits per heavy atom. The molecule has 0 N–H and O–H groups in total. The van der Waals surface area contributed by atoms with Crippen molar-refractivity contribution in [3.63, 3.8) is 0 Å². The molecule has 0 saturated carbocycles. The monoisotopic (exact) mass is 136 g/mol. The van der Waals surface area contributed by atoms with E-state index in [1.165, 1.54) is 5.57 Å². The molecular weight excluding hydrogens is 120 g/mol. The van der Waals surface area contributed by atoms with Gasteiger partial charge in [0.1, 0.15) is 0 Å². The van der Waals surface area contributed by atoms with Crippen molar-refractivity contribution in [2.24, 2.45) is 5.92 Å². The van der Waals surface area contributed by atoms with Crippen LogP contribution in [-0.4, -0.2) is 0 Å². The van der Waals surface area contributed by atoms with Gasteiger partial charge in [-0.3, -0.25) is 0 Å². The topological polar surface area (TPSA) is 0 Å². The lowest BCUT2D eigenvalue weighted by Crippen LogP contribution is -1.88. The quantitative estimate of drug-likeness (QED) is 0.522. The van der Waals surface area contributed by atoms with Crippen LogP contribution >= 0.6 is 0 Å². The number of allylic oxidation sites excluding steroid dienone is 5. The minimum Gasteiger partial charge on any atom is -0.0988 e. The third-order valence-electron chi connectivity index (χ3n) is 1.38. The van der Waals surface area contributed by atoms with Crippen molar-refractivity contribution in [2.45, 2.75) is 20.8 Å². The molecule has 0 rings (SSSR count). The van der Waals surface area contributed by atoms with Crippen molar-refractivity contribution < 1.29 is 0 Å². The van der Waals surface area contributed by atoms with Gasteiger partial charge in [-0.25, -0.2) is 0 Å². The highest BCUT2D eigenvalue weighted by atomic mass is 14.0. The van der Waals surface area contributed by atoms with E-state index in [0.29, 0.717) is 5.92 Å². The first-order chi connectivity index (χ1) is 4.72. The highest BCUT2D eigenvalue weighted by Crippen LogP contribution is 2.09. The molecule has 0 saturated heterocycles. The lowest BCUT2D eigenvalue weighted by Gasteiger charge is -2.02. The average Bonchev–Trinajstić information content (AvgIpc) is 1.89. The first kappa shape index (κ1) is 9.22. The van der Waals surface area contributed by atoms with Gasteiger partial charge >= 0.3 is 0 Å². The largest absolute Gasteiger partial charge is 0.0988 e. The second-order valence-electron chi connectivity index (χ2n) is 2.55. The summed E-state index contributed by atoms with van der Waals surface area (Å²) in [6, 6.07) is 0. The van der Waals surface area contributed by atoms with Crippen LogP contribution in [0.3, 0.4) is 0 Å². The smallest absolute Gasteiger partial charge is 0.0219 e. The van der Waals surface area contributed by atoms with Crippen molar-refractivity contribution in [1.82, 2.24) is 0 Å². The molecule has 0 aliphatic heterocycles. The number of rotatable bonds is 3. The molecule has 0 spiro atoms. The fraction of sp³-hybridized carbons (Fsp3) is 0.400.